The highest BCUT2D eigenvalue weighted by Gasteiger charge is 2.03. The number of rotatable bonds is 3. The quantitative estimate of drug-likeness (QED) is 0.809. The topological polar surface area (TPSA) is 52.5 Å². The fourth-order valence-corrected chi connectivity index (χ4v) is 1.90. The molecule has 4 heteroatoms. The summed E-state index contributed by atoms with van der Waals surface area (Å²) in [7, 11) is 0. The molecule has 3 N–H and O–H groups in total. The number of benzene rings is 2. The molecule has 3 nitrogen and oxygen atoms in total. The maximum atomic E-state index is 9.66. The van der Waals surface area contributed by atoms with Gasteiger partial charge in [-0.3, -0.25) is 0 Å². The molecule has 0 amide bonds. The Balaban J connectivity index is 2.09. The van der Waals surface area contributed by atoms with Gasteiger partial charge in [-0.05, 0) is 42.8 Å². The first-order valence-corrected chi connectivity index (χ1v) is 6.36. The van der Waals surface area contributed by atoms with Crippen LogP contribution in [0.3, 0.4) is 0 Å². The normalized spacial score (nSPS) is 10.3. The maximum absolute atomic E-state index is 9.66. The van der Waals surface area contributed by atoms with E-state index in [2.05, 4.69) is 21.2 Å². The Hall–Kier alpha value is -1.68. The summed E-state index contributed by atoms with van der Waals surface area (Å²) in [6.07, 6.45) is 0. The van der Waals surface area contributed by atoms with Gasteiger partial charge in [0.15, 0.2) is 0 Å². The average molecular weight is 308 g/mol. The second-order valence-electron chi connectivity index (χ2n) is 4.13. The van der Waals surface area contributed by atoms with Crippen molar-refractivity contribution in [3.05, 3.63) is 52.0 Å². The number of nitrogens with one attached hydrogen (secondary N) is 1. The SMILES string of the molecule is Cc1cc(NCc2ccc(O)cc2O)ccc1Br. The summed E-state index contributed by atoms with van der Waals surface area (Å²) in [5, 5.41) is 22.1. The molecule has 0 saturated carbocycles. The molecule has 0 atom stereocenters. The van der Waals surface area contributed by atoms with Crippen LogP contribution in [0.2, 0.25) is 0 Å². The van der Waals surface area contributed by atoms with Crippen LogP contribution in [0.25, 0.3) is 0 Å². The van der Waals surface area contributed by atoms with Gasteiger partial charge in [0.25, 0.3) is 0 Å². The van der Waals surface area contributed by atoms with Gasteiger partial charge >= 0.3 is 0 Å². The van der Waals surface area contributed by atoms with Crippen molar-refractivity contribution in [3.8, 4) is 11.5 Å². The van der Waals surface area contributed by atoms with E-state index in [9.17, 15) is 10.2 Å². The maximum Gasteiger partial charge on any atom is 0.124 e. The zero-order valence-electron chi connectivity index (χ0n) is 9.94. The lowest BCUT2D eigenvalue weighted by Crippen LogP contribution is -1.99. The van der Waals surface area contributed by atoms with E-state index < -0.39 is 0 Å². The molecule has 0 aliphatic heterocycles. The molecule has 0 aromatic heterocycles. The number of hydrogen-bond donors (Lipinski definition) is 3. The van der Waals surface area contributed by atoms with E-state index in [0.717, 1.165) is 21.3 Å². The molecule has 18 heavy (non-hydrogen) atoms. The average Bonchev–Trinajstić information content (AvgIpc) is 2.32. The molecule has 0 aliphatic rings. The molecule has 0 fully saturated rings. The molecule has 0 spiro atoms. The predicted molar refractivity (Wildman–Crippen MR) is 76.0 cm³/mol. The van der Waals surface area contributed by atoms with Gasteiger partial charge in [0.05, 0.1) is 0 Å². The molecule has 0 radical (unpaired) electrons. The molecule has 94 valence electrons. The Kier molecular flexibility index (Phi) is 3.77. The van der Waals surface area contributed by atoms with Crippen LogP contribution < -0.4 is 5.32 Å². The van der Waals surface area contributed by atoms with Crippen LogP contribution in [0.15, 0.2) is 40.9 Å². The molecule has 0 heterocycles. The number of hydrogen-bond acceptors (Lipinski definition) is 3. The number of phenols is 2. The number of anilines is 1. The van der Waals surface area contributed by atoms with Crippen molar-refractivity contribution in [1.82, 2.24) is 0 Å². The largest absolute Gasteiger partial charge is 0.508 e. The Bertz CT molecular complexity index is 570. The Morgan fingerprint density at radius 1 is 1.11 bits per heavy atom. The van der Waals surface area contributed by atoms with Gasteiger partial charge in [-0.25, -0.2) is 0 Å². The van der Waals surface area contributed by atoms with E-state index in [1.807, 2.05) is 25.1 Å². The lowest BCUT2D eigenvalue weighted by atomic mass is 10.1. The number of aromatic hydroxyl groups is 2. The minimum absolute atomic E-state index is 0.0655. The second kappa shape index (κ2) is 5.31. The minimum atomic E-state index is 0.0655. The molecule has 2 rings (SSSR count). The van der Waals surface area contributed by atoms with Crippen LogP contribution in [0.1, 0.15) is 11.1 Å². The van der Waals surface area contributed by atoms with Gasteiger partial charge in [-0.1, -0.05) is 15.9 Å². The zero-order chi connectivity index (χ0) is 13.1. The van der Waals surface area contributed by atoms with E-state index in [0.29, 0.717) is 6.54 Å². The molecule has 0 bridgehead atoms. The van der Waals surface area contributed by atoms with Crippen molar-refractivity contribution in [1.29, 1.82) is 0 Å². The molecule has 2 aromatic carbocycles. The van der Waals surface area contributed by atoms with Gasteiger partial charge in [0, 0.05) is 28.3 Å². The monoisotopic (exact) mass is 307 g/mol. The van der Waals surface area contributed by atoms with Crippen molar-refractivity contribution in [2.45, 2.75) is 13.5 Å². The first-order valence-electron chi connectivity index (χ1n) is 5.57. The van der Waals surface area contributed by atoms with Gasteiger partial charge < -0.3 is 15.5 Å². The molecule has 0 unspecified atom stereocenters. The van der Waals surface area contributed by atoms with E-state index in [-0.39, 0.29) is 11.5 Å². The summed E-state index contributed by atoms with van der Waals surface area (Å²) >= 11 is 3.45. The minimum Gasteiger partial charge on any atom is -0.508 e. The Morgan fingerprint density at radius 2 is 1.89 bits per heavy atom. The summed E-state index contributed by atoms with van der Waals surface area (Å²) in [4.78, 5) is 0. The third kappa shape index (κ3) is 2.96. The fourth-order valence-electron chi connectivity index (χ4n) is 1.65. The summed E-state index contributed by atoms with van der Waals surface area (Å²) in [5.41, 5.74) is 2.88. The van der Waals surface area contributed by atoms with E-state index in [4.69, 9.17) is 0 Å². The fraction of sp³-hybridized carbons (Fsp3) is 0.143. The van der Waals surface area contributed by atoms with Crippen molar-refractivity contribution < 1.29 is 10.2 Å². The highest BCUT2D eigenvalue weighted by atomic mass is 79.9. The van der Waals surface area contributed by atoms with Crippen LogP contribution >= 0.6 is 15.9 Å². The van der Waals surface area contributed by atoms with Crippen molar-refractivity contribution in [2.24, 2.45) is 0 Å². The van der Waals surface area contributed by atoms with Crippen molar-refractivity contribution >= 4 is 21.6 Å². The van der Waals surface area contributed by atoms with Crippen molar-refractivity contribution in [2.75, 3.05) is 5.32 Å². The highest BCUT2D eigenvalue weighted by molar-refractivity contribution is 9.10. The number of halogens is 1. The van der Waals surface area contributed by atoms with Crippen LogP contribution in [-0.2, 0) is 6.54 Å². The first kappa shape index (κ1) is 12.8. The van der Waals surface area contributed by atoms with Crippen LogP contribution in [0, 0.1) is 6.92 Å². The number of phenolic OH excluding ortho intramolecular Hbond substituents is 2. The Morgan fingerprint density at radius 3 is 2.56 bits per heavy atom. The van der Waals surface area contributed by atoms with Crippen LogP contribution in [0.4, 0.5) is 5.69 Å². The molecule has 0 aliphatic carbocycles. The summed E-state index contributed by atoms with van der Waals surface area (Å²) in [5.74, 6) is 0.159. The van der Waals surface area contributed by atoms with E-state index >= 15 is 0 Å². The van der Waals surface area contributed by atoms with E-state index in [1.165, 1.54) is 6.07 Å². The van der Waals surface area contributed by atoms with Crippen molar-refractivity contribution in [3.63, 3.8) is 0 Å². The van der Waals surface area contributed by atoms with Crippen LogP contribution in [-0.4, -0.2) is 10.2 Å². The smallest absolute Gasteiger partial charge is 0.124 e. The Labute approximate surface area is 114 Å². The third-order valence-corrected chi connectivity index (χ3v) is 3.60. The highest BCUT2D eigenvalue weighted by Crippen LogP contribution is 2.24. The predicted octanol–water partition coefficient (Wildman–Crippen LogP) is 3.78. The van der Waals surface area contributed by atoms with Gasteiger partial charge in [-0.15, -0.1) is 0 Å². The standard InChI is InChI=1S/C14H14BrNO2/c1-9-6-11(3-5-13(9)15)16-8-10-2-4-12(17)7-14(10)18/h2-7,16-18H,8H2,1H3. The second-order valence-corrected chi connectivity index (χ2v) is 4.98. The zero-order valence-corrected chi connectivity index (χ0v) is 11.5. The number of aryl methyl sites for hydroxylation is 1. The first-order chi connectivity index (χ1) is 8.56. The third-order valence-electron chi connectivity index (χ3n) is 2.71. The summed E-state index contributed by atoms with van der Waals surface area (Å²) in [6, 6.07) is 10.6. The van der Waals surface area contributed by atoms with Crippen LogP contribution in [0.5, 0.6) is 11.5 Å². The lowest BCUT2D eigenvalue weighted by molar-refractivity contribution is 0.446. The molecule has 2 aromatic rings. The molecular formula is C14H14BrNO2. The summed E-state index contributed by atoms with van der Waals surface area (Å²) < 4.78 is 1.07. The molecular weight excluding hydrogens is 294 g/mol. The lowest BCUT2D eigenvalue weighted by Gasteiger charge is -2.09. The van der Waals surface area contributed by atoms with E-state index in [1.54, 1.807) is 12.1 Å². The van der Waals surface area contributed by atoms with Gasteiger partial charge in [0.2, 0.25) is 0 Å². The van der Waals surface area contributed by atoms with Gasteiger partial charge in [-0.2, -0.15) is 0 Å². The molecule has 0 saturated heterocycles. The van der Waals surface area contributed by atoms with Gasteiger partial charge in [0.1, 0.15) is 11.5 Å². The summed E-state index contributed by atoms with van der Waals surface area (Å²) in [6.45, 7) is 2.53.